The number of rotatable bonds is 3. The number of benzene rings is 1. The standard InChI is InChI=1S/C11H12N6O3S/c1-15-8-3-6(5-13-14-10(12)21)7(17(19)20)4-9(8)16(2)11(15)18/h3-5H,1-2H3,(H3,12,14,21). The fourth-order valence-electron chi connectivity index (χ4n) is 1.98. The largest absolute Gasteiger partial charge is 0.375 e. The second-order valence-electron chi connectivity index (χ2n) is 4.29. The maximum atomic E-state index is 11.9. The first kappa shape index (κ1) is 14.7. The molecule has 110 valence electrons. The molecule has 0 aliphatic rings. The molecule has 0 fully saturated rings. The van der Waals surface area contributed by atoms with Crippen molar-refractivity contribution in [3.8, 4) is 0 Å². The summed E-state index contributed by atoms with van der Waals surface area (Å²) in [5.41, 5.74) is 8.36. The van der Waals surface area contributed by atoms with E-state index in [-0.39, 0.29) is 22.1 Å². The van der Waals surface area contributed by atoms with Crippen LogP contribution in [-0.2, 0) is 14.1 Å². The topological polar surface area (TPSA) is 120 Å². The van der Waals surface area contributed by atoms with Crippen LogP contribution >= 0.6 is 12.2 Å². The summed E-state index contributed by atoms with van der Waals surface area (Å²) >= 11 is 4.58. The monoisotopic (exact) mass is 308 g/mol. The molecule has 0 aliphatic heterocycles. The van der Waals surface area contributed by atoms with Crippen molar-refractivity contribution >= 4 is 40.3 Å². The van der Waals surface area contributed by atoms with Gasteiger partial charge in [0, 0.05) is 20.2 Å². The van der Waals surface area contributed by atoms with Crippen LogP contribution in [0, 0.1) is 10.1 Å². The number of nitro benzene ring substituents is 1. The second-order valence-corrected chi connectivity index (χ2v) is 4.73. The first-order valence-corrected chi connectivity index (χ1v) is 6.16. The second kappa shape index (κ2) is 5.32. The molecular formula is C11H12N6O3S. The minimum atomic E-state index is -0.543. The summed E-state index contributed by atoms with van der Waals surface area (Å²) in [5.74, 6) is 0. The fourth-order valence-corrected chi connectivity index (χ4v) is 2.03. The Kier molecular flexibility index (Phi) is 3.72. The van der Waals surface area contributed by atoms with Crippen LogP contribution in [0.5, 0.6) is 0 Å². The van der Waals surface area contributed by atoms with Crippen LogP contribution in [0.2, 0.25) is 0 Å². The molecule has 3 N–H and O–H groups in total. The van der Waals surface area contributed by atoms with Crippen molar-refractivity contribution in [2.75, 3.05) is 0 Å². The first-order valence-electron chi connectivity index (χ1n) is 5.75. The van der Waals surface area contributed by atoms with Crippen molar-refractivity contribution in [1.29, 1.82) is 0 Å². The van der Waals surface area contributed by atoms with E-state index in [1.54, 1.807) is 14.1 Å². The number of hydrazone groups is 1. The highest BCUT2D eigenvalue weighted by Gasteiger charge is 2.18. The zero-order chi connectivity index (χ0) is 15.7. The Morgan fingerprint density at radius 3 is 2.52 bits per heavy atom. The maximum Gasteiger partial charge on any atom is 0.328 e. The van der Waals surface area contributed by atoms with Crippen LogP contribution in [-0.4, -0.2) is 25.4 Å². The molecule has 0 spiro atoms. The Hall–Kier alpha value is -2.75. The average molecular weight is 308 g/mol. The average Bonchev–Trinajstić information content (AvgIpc) is 2.62. The van der Waals surface area contributed by atoms with Gasteiger partial charge >= 0.3 is 5.69 Å². The molecule has 21 heavy (non-hydrogen) atoms. The summed E-state index contributed by atoms with van der Waals surface area (Å²) in [6.45, 7) is 0. The smallest absolute Gasteiger partial charge is 0.328 e. The van der Waals surface area contributed by atoms with E-state index in [1.165, 1.54) is 27.5 Å². The Balaban J connectivity index is 2.68. The lowest BCUT2D eigenvalue weighted by atomic mass is 10.1. The molecule has 1 aromatic carbocycles. The van der Waals surface area contributed by atoms with Gasteiger partial charge < -0.3 is 5.73 Å². The number of imidazole rings is 1. The van der Waals surface area contributed by atoms with Crippen molar-refractivity contribution in [3.05, 3.63) is 38.3 Å². The summed E-state index contributed by atoms with van der Waals surface area (Å²) < 4.78 is 2.74. The van der Waals surface area contributed by atoms with Gasteiger partial charge in [0.15, 0.2) is 5.11 Å². The first-order chi connectivity index (χ1) is 9.82. The van der Waals surface area contributed by atoms with Gasteiger partial charge in [0.25, 0.3) is 5.69 Å². The molecule has 9 nitrogen and oxygen atoms in total. The fraction of sp³-hybridized carbons (Fsp3) is 0.182. The highest BCUT2D eigenvalue weighted by Crippen LogP contribution is 2.23. The molecule has 1 heterocycles. The minimum absolute atomic E-state index is 0.0536. The van der Waals surface area contributed by atoms with E-state index in [2.05, 4.69) is 22.7 Å². The molecule has 0 amide bonds. The van der Waals surface area contributed by atoms with Crippen LogP contribution in [0.15, 0.2) is 22.0 Å². The third kappa shape index (κ3) is 2.60. The number of nitro groups is 1. The summed E-state index contributed by atoms with van der Waals surface area (Å²) in [6.07, 6.45) is 1.23. The molecule has 0 atom stereocenters. The van der Waals surface area contributed by atoms with E-state index in [1.807, 2.05) is 0 Å². The van der Waals surface area contributed by atoms with Crippen molar-refractivity contribution in [1.82, 2.24) is 14.6 Å². The quantitative estimate of drug-likeness (QED) is 0.355. The van der Waals surface area contributed by atoms with Crippen LogP contribution in [0.25, 0.3) is 11.0 Å². The number of aromatic nitrogens is 2. The number of nitrogens with two attached hydrogens (primary N) is 1. The van der Waals surface area contributed by atoms with Gasteiger partial charge in [-0.3, -0.25) is 24.7 Å². The van der Waals surface area contributed by atoms with E-state index in [0.717, 1.165) is 0 Å². The molecule has 0 saturated heterocycles. The molecule has 0 radical (unpaired) electrons. The lowest BCUT2D eigenvalue weighted by molar-refractivity contribution is -0.384. The number of nitrogens with zero attached hydrogens (tertiary/aromatic N) is 4. The Morgan fingerprint density at radius 2 is 2.00 bits per heavy atom. The highest BCUT2D eigenvalue weighted by molar-refractivity contribution is 7.80. The van der Waals surface area contributed by atoms with E-state index >= 15 is 0 Å². The van der Waals surface area contributed by atoms with E-state index < -0.39 is 4.92 Å². The zero-order valence-corrected chi connectivity index (χ0v) is 12.0. The zero-order valence-electron chi connectivity index (χ0n) is 11.2. The van der Waals surface area contributed by atoms with Crippen LogP contribution in [0.3, 0.4) is 0 Å². The molecular weight excluding hydrogens is 296 g/mol. The Labute approximate surface area is 123 Å². The predicted octanol–water partition coefficient (Wildman–Crippen LogP) is -0.0477. The normalized spacial score (nSPS) is 11.1. The molecule has 0 unspecified atom stereocenters. The van der Waals surface area contributed by atoms with Gasteiger partial charge in [0.2, 0.25) is 0 Å². The van der Waals surface area contributed by atoms with Crippen molar-refractivity contribution < 1.29 is 4.92 Å². The van der Waals surface area contributed by atoms with Gasteiger partial charge in [-0.2, -0.15) is 5.10 Å². The Morgan fingerprint density at radius 1 is 1.43 bits per heavy atom. The third-order valence-corrected chi connectivity index (χ3v) is 3.09. The van der Waals surface area contributed by atoms with Crippen molar-refractivity contribution in [3.63, 3.8) is 0 Å². The van der Waals surface area contributed by atoms with Gasteiger partial charge in [0.05, 0.1) is 27.7 Å². The van der Waals surface area contributed by atoms with Crippen LogP contribution in [0.1, 0.15) is 5.56 Å². The lowest BCUT2D eigenvalue weighted by Crippen LogP contribution is -2.24. The van der Waals surface area contributed by atoms with Crippen LogP contribution < -0.4 is 16.8 Å². The molecule has 0 saturated carbocycles. The molecule has 1 aromatic heterocycles. The molecule has 0 bridgehead atoms. The number of aryl methyl sites for hydroxylation is 2. The van der Waals surface area contributed by atoms with Gasteiger partial charge in [-0.15, -0.1) is 0 Å². The van der Waals surface area contributed by atoms with E-state index in [0.29, 0.717) is 11.0 Å². The predicted molar refractivity (Wildman–Crippen MR) is 82.3 cm³/mol. The molecule has 10 heteroatoms. The van der Waals surface area contributed by atoms with Gasteiger partial charge in [0.1, 0.15) is 0 Å². The van der Waals surface area contributed by atoms with Crippen molar-refractivity contribution in [2.45, 2.75) is 0 Å². The van der Waals surface area contributed by atoms with Gasteiger partial charge in [-0.05, 0) is 18.3 Å². The summed E-state index contributed by atoms with van der Waals surface area (Å²) in [4.78, 5) is 22.5. The molecule has 2 aromatic rings. The minimum Gasteiger partial charge on any atom is -0.375 e. The SMILES string of the molecule is Cn1c(=O)n(C)c2cc([N+](=O)[O-])c(C=NNC(N)=S)cc21. The highest BCUT2D eigenvalue weighted by atomic mass is 32.1. The summed E-state index contributed by atoms with van der Waals surface area (Å²) in [5, 5.41) is 14.8. The van der Waals surface area contributed by atoms with Crippen molar-refractivity contribution in [2.24, 2.45) is 24.9 Å². The molecule has 0 aliphatic carbocycles. The van der Waals surface area contributed by atoms with Crippen LogP contribution in [0.4, 0.5) is 5.69 Å². The summed E-state index contributed by atoms with van der Waals surface area (Å²) in [6, 6.07) is 2.85. The number of hydrogen-bond donors (Lipinski definition) is 2. The van der Waals surface area contributed by atoms with E-state index in [4.69, 9.17) is 5.73 Å². The Bertz CT molecular complexity index is 835. The number of nitrogens with one attached hydrogen (secondary N) is 1. The third-order valence-electron chi connectivity index (χ3n) is 3.00. The number of fused-ring (bicyclic) bond motifs is 1. The van der Waals surface area contributed by atoms with Gasteiger partial charge in [-0.1, -0.05) is 0 Å². The van der Waals surface area contributed by atoms with E-state index in [9.17, 15) is 14.9 Å². The molecule has 2 rings (SSSR count). The number of hydrogen-bond acceptors (Lipinski definition) is 5. The van der Waals surface area contributed by atoms with Gasteiger partial charge in [-0.25, -0.2) is 4.79 Å². The maximum absolute atomic E-state index is 11.9. The summed E-state index contributed by atoms with van der Waals surface area (Å²) in [7, 11) is 3.14. The number of thiocarbonyl (C=S) groups is 1. The lowest BCUT2D eigenvalue weighted by Gasteiger charge is -2.01.